The van der Waals surface area contributed by atoms with Crippen LogP contribution in [0.3, 0.4) is 0 Å². The quantitative estimate of drug-likeness (QED) is 0.196. The van der Waals surface area contributed by atoms with Crippen LogP contribution in [-0.2, 0) is 9.53 Å². The Labute approximate surface area is 197 Å². The Morgan fingerprint density at radius 3 is 2.63 bits per heavy atom. The number of esters is 1. The lowest BCUT2D eigenvalue weighted by Crippen LogP contribution is -2.45. The molecule has 0 aromatic heterocycles. The number of hydrogen-bond donors (Lipinski definition) is 3. The second kappa shape index (κ2) is 14.5. The fourth-order valence-electron chi connectivity index (χ4n) is 3.39. The zero-order valence-electron chi connectivity index (χ0n) is 18.2. The van der Waals surface area contributed by atoms with E-state index in [0.29, 0.717) is 12.6 Å². The highest BCUT2D eigenvalue weighted by molar-refractivity contribution is 14.0. The molecule has 0 saturated heterocycles. The van der Waals surface area contributed by atoms with Crippen molar-refractivity contribution in [2.75, 3.05) is 26.3 Å². The predicted molar refractivity (Wildman–Crippen MR) is 130 cm³/mol. The van der Waals surface area contributed by atoms with Gasteiger partial charge in [-0.25, -0.2) is 0 Å². The zero-order valence-corrected chi connectivity index (χ0v) is 20.6. The number of rotatable bonds is 9. The van der Waals surface area contributed by atoms with Crippen molar-refractivity contribution in [1.29, 1.82) is 0 Å². The number of aliphatic hydroxyl groups is 1. The number of carbonyl (C=O) groups excluding carboxylic acids is 1. The third kappa shape index (κ3) is 9.51. The Bertz CT molecular complexity index is 664. The molecule has 1 aliphatic carbocycles. The molecule has 1 aromatic rings. The molecule has 1 unspecified atom stereocenters. The number of aliphatic hydroxyl groups excluding tert-OH is 1. The van der Waals surface area contributed by atoms with Gasteiger partial charge in [-0.15, -0.1) is 24.0 Å². The van der Waals surface area contributed by atoms with E-state index in [4.69, 9.17) is 9.47 Å². The topological polar surface area (TPSA) is 92.2 Å². The van der Waals surface area contributed by atoms with E-state index in [9.17, 15) is 9.90 Å². The van der Waals surface area contributed by atoms with Gasteiger partial charge in [-0.05, 0) is 64.2 Å². The summed E-state index contributed by atoms with van der Waals surface area (Å²) in [5.74, 6) is 1.36. The van der Waals surface area contributed by atoms with Gasteiger partial charge in [-0.1, -0.05) is 12.1 Å². The van der Waals surface area contributed by atoms with Gasteiger partial charge in [-0.2, -0.15) is 0 Å². The Balaban J connectivity index is 0.00000450. The van der Waals surface area contributed by atoms with Crippen molar-refractivity contribution in [3.8, 4) is 5.75 Å². The number of halogens is 1. The van der Waals surface area contributed by atoms with Crippen molar-refractivity contribution in [3.63, 3.8) is 0 Å². The van der Waals surface area contributed by atoms with Crippen molar-refractivity contribution in [2.24, 2.45) is 10.9 Å². The molecular formula is C22H36IN3O4. The van der Waals surface area contributed by atoms with Crippen LogP contribution in [0.4, 0.5) is 0 Å². The molecule has 1 saturated carbocycles. The van der Waals surface area contributed by atoms with Crippen LogP contribution in [0.2, 0.25) is 0 Å². The highest BCUT2D eigenvalue weighted by Crippen LogP contribution is 2.25. The van der Waals surface area contributed by atoms with Gasteiger partial charge in [-0.3, -0.25) is 9.79 Å². The van der Waals surface area contributed by atoms with E-state index < -0.39 is 6.10 Å². The highest BCUT2D eigenvalue weighted by Gasteiger charge is 2.27. The van der Waals surface area contributed by atoms with Crippen LogP contribution in [0.1, 0.15) is 45.1 Å². The number of nitrogens with one attached hydrogen (secondary N) is 2. The summed E-state index contributed by atoms with van der Waals surface area (Å²) >= 11 is 0. The standard InChI is InChI=1S/C22H35N3O4.HI/c1-4-23-22(25-18-11-9-17(10-12-18)21(27)28-5-2)24-14-19(26)15-29-20-8-6-7-16(3)13-20;/h6-8,13,17-19,26H,4-5,9-12,14-15H2,1-3H3,(H2,23,24,25);1H. The molecule has 0 amide bonds. The lowest BCUT2D eigenvalue weighted by molar-refractivity contribution is -0.149. The van der Waals surface area contributed by atoms with Gasteiger partial charge in [0.15, 0.2) is 5.96 Å². The minimum Gasteiger partial charge on any atom is -0.491 e. The number of aliphatic imine (C=N–C) groups is 1. The lowest BCUT2D eigenvalue weighted by atomic mass is 9.86. The Kier molecular flexibility index (Phi) is 12.8. The van der Waals surface area contributed by atoms with Crippen LogP contribution in [0, 0.1) is 12.8 Å². The molecule has 1 aliphatic rings. The summed E-state index contributed by atoms with van der Waals surface area (Å²) in [5, 5.41) is 16.8. The predicted octanol–water partition coefficient (Wildman–Crippen LogP) is 3.03. The number of ether oxygens (including phenoxy) is 2. The van der Waals surface area contributed by atoms with E-state index in [2.05, 4.69) is 15.6 Å². The van der Waals surface area contributed by atoms with Crippen LogP contribution in [0.25, 0.3) is 0 Å². The second-order valence-corrected chi connectivity index (χ2v) is 7.45. The molecule has 0 aliphatic heterocycles. The normalized spacial score (nSPS) is 19.9. The lowest BCUT2D eigenvalue weighted by Gasteiger charge is -2.29. The van der Waals surface area contributed by atoms with Crippen LogP contribution in [0.5, 0.6) is 5.75 Å². The zero-order chi connectivity index (χ0) is 21.1. The first-order valence-electron chi connectivity index (χ1n) is 10.6. The summed E-state index contributed by atoms with van der Waals surface area (Å²) in [7, 11) is 0. The van der Waals surface area contributed by atoms with Gasteiger partial charge < -0.3 is 25.2 Å². The van der Waals surface area contributed by atoms with Crippen LogP contribution >= 0.6 is 24.0 Å². The van der Waals surface area contributed by atoms with Crippen molar-refractivity contribution in [3.05, 3.63) is 29.8 Å². The van der Waals surface area contributed by atoms with Gasteiger partial charge in [0, 0.05) is 12.6 Å². The minimum absolute atomic E-state index is 0. The summed E-state index contributed by atoms with van der Waals surface area (Å²) < 4.78 is 10.8. The first-order chi connectivity index (χ1) is 14.0. The number of carbonyl (C=O) groups is 1. The smallest absolute Gasteiger partial charge is 0.308 e. The minimum atomic E-state index is -0.689. The molecule has 2 rings (SSSR count). The number of nitrogens with zero attached hydrogens (tertiary/aromatic N) is 1. The maximum atomic E-state index is 11.9. The molecule has 8 heteroatoms. The molecule has 7 nitrogen and oxygen atoms in total. The van der Waals surface area contributed by atoms with E-state index in [1.807, 2.05) is 45.0 Å². The Morgan fingerprint density at radius 2 is 2.00 bits per heavy atom. The summed E-state index contributed by atoms with van der Waals surface area (Å²) in [6.07, 6.45) is 2.75. The van der Waals surface area contributed by atoms with Crippen LogP contribution in [-0.4, -0.2) is 55.5 Å². The maximum Gasteiger partial charge on any atom is 0.308 e. The van der Waals surface area contributed by atoms with Crippen LogP contribution < -0.4 is 15.4 Å². The molecule has 0 heterocycles. The molecule has 0 spiro atoms. The fourth-order valence-corrected chi connectivity index (χ4v) is 3.39. The maximum absolute atomic E-state index is 11.9. The molecule has 1 atom stereocenters. The van der Waals surface area contributed by atoms with Crippen molar-refractivity contribution >= 4 is 35.9 Å². The van der Waals surface area contributed by atoms with Gasteiger partial charge >= 0.3 is 5.97 Å². The molecule has 170 valence electrons. The average molecular weight is 533 g/mol. The molecule has 0 bridgehead atoms. The van der Waals surface area contributed by atoms with E-state index in [0.717, 1.165) is 43.5 Å². The van der Waals surface area contributed by atoms with Crippen molar-refractivity contribution in [1.82, 2.24) is 10.6 Å². The summed E-state index contributed by atoms with van der Waals surface area (Å²) in [5.41, 5.74) is 1.12. The largest absolute Gasteiger partial charge is 0.491 e. The highest BCUT2D eigenvalue weighted by atomic mass is 127. The van der Waals surface area contributed by atoms with Gasteiger partial charge in [0.1, 0.15) is 18.5 Å². The first kappa shape index (κ1) is 26.5. The monoisotopic (exact) mass is 533 g/mol. The van der Waals surface area contributed by atoms with Crippen molar-refractivity contribution in [2.45, 2.75) is 58.6 Å². The van der Waals surface area contributed by atoms with Crippen LogP contribution in [0.15, 0.2) is 29.3 Å². The average Bonchev–Trinajstić information content (AvgIpc) is 2.71. The number of hydrogen-bond acceptors (Lipinski definition) is 5. The fraction of sp³-hybridized carbons (Fsp3) is 0.636. The number of aryl methyl sites for hydroxylation is 1. The Hall–Kier alpha value is -1.55. The van der Waals surface area contributed by atoms with Gasteiger partial charge in [0.25, 0.3) is 0 Å². The first-order valence-corrected chi connectivity index (χ1v) is 10.6. The molecule has 3 N–H and O–H groups in total. The number of benzene rings is 1. The van der Waals surface area contributed by atoms with E-state index in [1.165, 1.54) is 0 Å². The number of guanidine groups is 1. The van der Waals surface area contributed by atoms with E-state index >= 15 is 0 Å². The molecular weight excluding hydrogens is 497 g/mol. The van der Waals surface area contributed by atoms with Gasteiger partial charge in [0.05, 0.1) is 19.1 Å². The third-order valence-electron chi connectivity index (χ3n) is 4.92. The van der Waals surface area contributed by atoms with Gasteiger partial charge in [0.2, 0.25) is 0 Å². The summed E-state index contributed by atoms with van der Waals surface area (Å²) in [6.45, 7) is 7.46. The molecule has 0 radical (unpaired) electrons. The molecule has 30 heavy (non-hydrogen) atoms. The Morgan fingerprint density at radius 1 is 1.27 bits per heavy atom. The summed E-state index contributed by atoms with van der Waals surface area (Å²) in [6, 6.07) is 8.01. The van der Waals surface area contributed by atoms with E-state index in [1.54, 1.807) is 0 Å². The second-order valence-electron chi connectivity index (χ2n) is 7.45. The third-order valence-corrected chi connectivity index (χ3v) is 4.92. The SMILES string of the molecule is CCNC(=NCC(O)COc1cccc(C)c1)NC1CCC(C(=O)OCC)CC1.I. The molecule has 1 aromatic carbocycles. The van der Waals surface area contributed by atoms with E-state index in [-0.39, 0.29) is 55.1 Å². The summed E-state index contributed by atoms with van der Waals surface area (Å²) in [4.78, 5) is 16.4. The van der Waals surface area contributed by atoms with Crippen molar-refractivity contribution < 1.29 is 19.4 Å². The molecule has 1 fully saturated rings.